The Morgan fingerprint density at radius 3 is 2.50 bits per heavy atom. The predicted molar refractivity (Wildman–Crippen MR) is 158 cm³/mol. The number of carbonyl (C=O) groups excluding carboxylic acids is 2. The maximum absolute atomic E-state index is 13.2. The molecule has 1 atom stereocenters. The van der Waals surface area contributed by atoms with Crippen molar-refractivity contribution < 1.29 is 19.1 Å². The van der Waals surface area contributed by atoms with Crippen molar-refractivity contribution in [2.24, 2.45) is 0 Å². The third kappa shape index (κ3) is 7.14. The van der Waals surface area contributed by atoms with Crippen LogP contribution in [0.15, 0.2) is 79.5 Å². The second-order valence-electron chi connectivity index (χ2n) is 9.69. The summed E-state index contributed by atoms with van der Waals surface area (Å²) in [5.41, 5.74) is 1.63. The molecular weight excluding hydrogens is 536 g/mol. The molecule has 2 aromatic heterocycles. The molecule has 12 nitrogen and oxygen atoms in total. The van der Waals surface area contributed by atoms with Crippen molar-refractivity contribution >= 4 is 23.4 Å². The Hall–Kier alpha value is -5.13. The van der Waals surface area contributed by atoms with Crippen molar-refractivity contribution in [1.82, 2.24) is 29.7 Å². The first-order chi connectivity index (χ1) is 20.5. The Morgan fingerprint density at radius 2 is 1.79 bits per heavy atom. The van der Waals surface area contributed by atoms with Crippen LogP contribution in [-0.2, 0) is 11.3 Å². The van der Waals surface area contributed by atoms with Crippen LogP contribution < -0.4 is 25.0 Å². The largest absolute Gasteiger partial charge is 0.497 e. The molecule has 1 aliphatic rings. The zero-order valence-electron chi connectivity index (χ0n) is 23.6. The van der Waals surface area contributed by atoms with E-state index in [1.165, 1.54) is 0 Å². The van der Waals surface area contributed by atoms with Crippen molar-refractivity contribution in [1.29, 1.82) is 0 Å². The molecule has 2 N–H and O–H groups in total. The first-order valence-corrected chi connectivity index (χ1v) is 13.8. The number of hydrogen-bond donors (Lipinski definition) is 2. The molecule has 0 aliphatic carbocycles. The van der Waals surface area contributed by atoms with Crippen LogP contribution in [0.5, 0.6) is 11.5 Å². The van der Waals surface area contributed by atoms with Gasteiger partial charge in [-0.25, -0.2) is 14.8 Å². The van der Waals surface area contributed by atoms with E-state index < -0.39 is 0 Å². The second kappa shape index (κ2) is 13.5. The van der Waals surface area contributed by atoms with Crippen molar-refractivity contribution in [3.63, 3.8) is 0 Å². The van der Waals surface area contributed by atoms with Gasteiger partial charge in [0.15, 0.2) is 0 Å². The van der Waals surface area contributed by atoms with Gasteiger partial charge in [0.2, 0.25) is 11.9 Å². The van der Waals surface area contributed by atoms with Crippen LogP contribution in [0.3, 0.4) is 0 Å². The Kier molecular flexibility index (Phi) is 9.12. The lowest BCUT2D eigenvalue weighted by atomic mass is 10.1. The Bertz CT molecular complexity index is 1460. The van der Waals surface area contributed by atoms with Gasteiger partial charge in [0, 0.05) is 56.9 Å². The summed E-state index contributed by atoms with van der Waals surface area (Å²) in [5, 5.41) is 5.96. The highest BCUT2D eigenvalue weighted by atomic mass is 16.5. The molecule has 218 valence electrons. The van der Waals surface area contributed by atoms with Gasteiger partial charge in [-0.2, -0.15) is 4.98 Å². The first-order valence-electron chi connectivity index (χ1n) is 13.8. The number of nitrogens with zero attached hydrogens (tertiary/aromatic N) is 6. The average molecular weight is 571 g/mol. The van der Waals surface area contributed by atoms with E-state index in [-0.39, 0.29) is 24.4 Å². The number of imidazole rings is 1. The van der Waals surface area contributed by atoms with Crippen LogP contribution in [0, 0.1) is 0 Å². The molecule has 2 aromatic carbocycles. The first kappa shape index (κ1) is 28.4. The number of rotatable bonds is 10. The number of anilines is 2. The lowest BCUT2D eigenvalue weighted by Gasteiger charge is -2.41. The number of nitrogens with one attached hydrogen (secondary N) is 2. The summed E-state index contributed by atoms with van der Waals surface area (Å²) in [6.07, 6.45) is 6.92. The fraction of sp³-hybridized carbons (Fsp3) is 0.300. The lowest BCUT2D eigenvalue weighted by molar-refractivity contribution is -0.121. The average Bonchev–Trinajstić information content (AvgIpc) is 3.57. The Morgan fingerprint density at radius 1 is 1.00 bits per heavy atom. The number of piperazine rings is 1. The maximum Gasteiger partial charge on any atom is 0.321 e. The van der Waals surface area contributed by atoms with Crippen LogP contribution >= 0.6 is 0 Å². The third-order valence-corrected chi connectivity index (χ3v) is 6.91. The number of urea groups is 1. The molecule has 12 heteroatoms. The monoisotopic (exact) mass is 570 g/mol. The van der Waals surface area contributed by atoms with E-state index in [0.717, 1.165) is 11.3 Å². The molecule has 0 spiro atoms. The van der Waals surface area contributed by atoms with E-state index in [0.29, 0.717) is 56.0 Å². The van der Waals surface area contributed by atoms with E-state index >= 15 is 0 Å². The molecule has 5 rings (SSSR count). The van der Waals surface area contributed by atoms with Crippen LogP contribution in [0.25, 0.3) is 5.95 Å². The Balaban J connectivity index is 1.29. The van der Waals surface area contributed by atoms with Gasteiger partial charge in [0.25, 0.3) is 0 Å². The minimum atomic E-state index is -0.314. The van der Waals surface area contributed by atoms with Crippen molar-refractivity contribution in [3.8, 4) is 17.4 Å². The number of amides is 3. The molecule has 3 amide bonds. The van der Waals surface area contributed by atoms with Gasteiger partial charge < -0.3 is 29.9 Å². The van der Waals surface area contributed by atoms with Crippen molar-refractivity contribution in [2.45, 2.75) is 25.9 Å². The van der Waals surface area contributed by atoms with Gasteiger partial charge in [-0.3, -0.25) is 9.36 Å². The standard InChI is InChI=1S/C30H34N8O4/c1-3-42-26-8-4-22(5-9-26)19-33-28(39)18-24-20-36(30(40)34-23-6-10-25(41-2)11-7-23)16-17-38(24)27-12-13-32-29(35-27)37-15-14-31-21-37/h4-15,21,24H,3,16-20H2,1-2H3,(H,33,39)(H,34,40). The SMILES string of the molecule is CCOc1ccc(CNC(=O)CC2CN(C(=O)Nc3ccc(OC)cc3)CCN2c2ccnc(-n3ccnc3)n2)cc1. The number of benzene rings is 2. The topological polar surface area (TPSA) is 127 Å². The number of ether oxygens (including phenoxy) is 2. The van der Waals surface area contributed by atoms with Crippen LogP contribution in [0.2, 0.25) is 0 Å². The van der Waals surface area contributed by atoms with Gasteiger partial charge in [-0.05, 0) is 55.0 Å². The summed E-state index contributed by atoms with van der Waals surface area (Å²) >= 11 is 0. The van der Waals surface area contributed by atoms with Gasteiger partial charge >= 0.3 is 6.03 Å². The zero-order valence-corrected chi connectivity index (χ0v) is 23.6. The van der Waals surface area contributed by atoms with Gasteiger partial charge in [-0.1, -0.05) is 12.1 Å². The number of aromatic nitrogens is 4. The van der Waals surface area contributed by atoms with Crippen molar-refractivity contribution in [2.75, 3.05) is 43.6 Å². The van der Waals surface area contributed by atoms with E-state index in [2.05, 4.69) is 25.5 Å². The molecule has 0 bridgehead atoms. The van der Waals surface area contributed by atoms with Crippen LogP contribution in [0.4, 0.5) is 16.3 Å². The second-order valence-corrected chi connectivity index (χ2v) is 9.69. The third-order valence-electron chi connectivity index (χ3n) is 6.91. The Labute approximate surface area is 244 Å². The fourth-order valence-corrected chi connectivity index (χ4v) is 4.75. The molecular formula is C30H34N8O4. The molecule has 0 saturated carbocycles. The van der Waals surface area contributed by atoms with E-state index in [4.69, 9.17) is 14.5 Å². The molecule has 4 aromatic rings. The predicted octanol–water partition coefficient (Wildman–Crippen LogP) is 3.50. The van der Waals surface area contributed by atoms with Crippen molar-refractivity contribution in [3.05, 3.63) is 85.1 Å². The normalized spacial score (nSPS) is 14.8. The summed E-state index contributed by atoms with van der Waals surface area (Å²) in [5.74, 6) is 2.52. The molecule has 1 saturated heterocycles. The summed E-state index contributed by atoms with van der Waals surface area (Å²) in [4.78, 5) is 43.3. The molecule has 1 fully saturated rings. The maximum atomic E-state index is 13.2. The molecule has 3 heterocycles. The summed E-state index contributed by atoms with van der Waals surface area (Å²) in [6, 6.07) is 16.1. The summed E-state index contributed by atoms with van der Waals surface area (Å²) < 4.78 is 12.4. The molecule has 1 aliphatic heterocycles. The number of hydrogen-bond acceptors (Lipinski definition) is 8. The quantitative estimate of drug-likeness (QED) is 0.297. The number of carbonyl (C=O) groups is 2. The summed E-state index contributed by atoms with van der Waals surface area (Å²) in [6.45, 7) is 4.20. The molecule has 1 unspecified atom stereocenters. The van der Waals surface area contributed by atoms with Gasteiger partial charge in [-0.15, -0.1) is 0 Å². The van der Waals surface area contributed by atoms with E-state index in [1.54, 1.807) is 65.8 Å². The number of methoxy groups -OCH3 is 1. The minimum Gasteiger partial charge on any atom is -0.497 e. The zero-order chi connectivity index (χ0) is 29.3. The van der Waals surface area contributed by atoms with Gasteiger partial charge in [0.1, 0.15) is 23.6 Å². The minimum absolute atomic E-state index is 0.125. The van der Waals surface area contributed by atoms with E-state index in [9.17, 15) is 9.59 Å². The fourth-order valence-electron chi connectivity index (χ4n) is 4.75. The van der Waals surface area contributed by atoms with E-state index in [1.807, 2.05) is 37.3 Å². The molecule has 0 radical (unpaired) electrons. The van der Waals surface area contributed by atoms with Crippen LogP contribution in [-0.4, -0.2) is 75.8 Å². The van der Waals surface area contributed by atoms with Crippen LogP contribution in [0.1, 0.15) is 18.9 Å². The highest BCUT2D eigenvalue weighted by molar-refractivity contribution is 5.89. The smallest absolute Gasteiger partial charge is 0.321 e. The highest BCUT2D eigenvalue weighted by Gasteiger charge is 2.32. The summed E-state index contributed by atoms with van der Waals surface area (Å²) in [7, 11) is 1.59. The molecule has 42 heavy (non-hydrogen) atoms. The van der Waals surface area contributed by atoms with Gasteiger partial charge in [0.05, 0.1) is 19.8 Å². The highest BCUT2D eigenvalue weighted by Crippen LogP contribution is 2.23. The lowest BCUT2D eigenvalue weighted by Crippen LogP contribution is -2.57.